The van der Waals surface area contributed by atoms with E-state index in [0.717, 1.165) is 57.8 Å². The van der Waals surface area contributed by atoms with E-state index >= 15 is 0 Å². The van der Waals surface area contributed by atoms with Crippen LogP contribution in [0.15, 0.2) is 17.4 Å². The maximum absolute atomic E-state index is 12.3. The van der Waals surface area contributed by atoms with Crippen molar-refractivity contribution in [3.63, 3.8) is 0 Å². The summed E-state index contributed by atoms with van der Waals surface area (Å²) in [5, 5.41) is 7.44. The minimum Gasteiger partial charge on any atom is -0.377 e. The highest BCUT2D eigenvalue weighted by molar-refractivity contribution is 14.0. The number of sulfonamides is 1. The van der Waals surface area contributed by atoms with Gasteiger partial charge in [-0.1, -0.05) is 0 Å². The van der Waals surface area contributed by atoms with Crippen molar-refractivity contribution in [3.8, 4) is 0 Å². The van der Waals surface area contributed by atoms with Gasteiger partial charge in [0.2, 0.25) is 10.0 Å². The Morgan fingerprint density at radius 1 is 1.37 bits per heavy atom. The fourth-order valence-corrected chi connectivity index (χ4v) is 4.95. The number of guanidine groups is 1. The molecule has 9 nitrogen and oxygen atoms in total. The highest BCUT2D eigenvalue weighted by Gasteiger charge is 2.25. The van der Waals surface area contributed by atoms with Gasteiger partial charge in [0.25, 0.3) is 0 Å². The number of likely N-dealkylation sites (tertiary alicyclic amines) is 1. The first-order chi connectivity index (χ1) is 13.9. The Hall–Kier alpha value is -0.920. The fraction of sp³-hybridized carbons (Fsp3) is 0.789. The molecule has 30 heavy (non-hydrogen) atoms. The number of nitrogens with one attached hydrogen (secondary N) is 2. The molecule has 0 spiro atoms. The number of hydrogen-bond donors (Lipinski definition) is 2. The molecule has 0 saturated carbocycles. The Bertz CT molecular complexity index is 779. The summed E-state index contributed by atoms with van der Waals surface area (Å²) in [6.45, 7) is 3.26. The molecule has 11 heteroatoms. The number of hydrogen-bond acceptors (Lipinski definition) is 5. The van der Waals surface area contributed by atoms with Crippen molar-refractivity contribution in [2.24, 2.45) is 18.0 Å². The summed E-state index contributed by atoms with van der Waals surface area (Å²) in [5.74, 6) is 1.34. The summed E-state index contributed by atoms with van der Waals surface area (Å²) in [4.78, 5) is 6.54. The molecule has 0 amide bonds. The van der Waals surface area contributed by atoms with Crippen molar-refractivity contribution in [2.75, 3.05) is 45.6 Å². The highest BCUT2D eigenvalue weighted by atomic mass is 127. The Labute approximate surface area is 197 Å². The van der Waals surface area contributed by atoms with Gasteiger partial charge >= 0.3 is 0 Å². The van der Waals surface area contributed by atoms with Gasteiger partial charge in [-0.15, -0.1) is 24.0 Å². The van der Waals surface area contributed by atoms with Crippen LogP contribution in [0, 0.1) is 5.92 Å². The Balaban J connectivity index is 0.00000320. The number of ether oxygens (including phenoxy) is 1. The van der Waals surface area contributed by atoms with E-state index in [1.165, 1.54) is 5.56 Å². The van der Waals surface area contributed by atoms with Gasteiger partial charge in [-0.25, -0.2) is 13.1 Å². The van der Waals surface area contributed by atoms with E-state index in [1.807, 2.05) is 17.9 Å². The molecule has 2 fully saturated rings. The van der Waals surface area contributed by atoms with Crippen molar-refractivity contribution in [3.05, 3.63) is 18.0 Å². The minimum absolute atomic E-state index is 0. The molecule has 3 rings (SSSR count). The zero-order chi connectivity index (χ0) is 20.7. The average molecular weight is 554 g/mol. The molecule has 2 aliphatic heterocycles. The van der Waals surface area contributed by atoms with E-state index in [1.54, 1.807) is 7.05 Å². The molecular weight excluding hydrogens is 519 g/mol. The molecule has 2 aliphatic rings. The van der Waals surface area contributed by atoms with Crippen LogP contribution in [0.5, 0.6) is 0 Å². The average Bonchev–Trinajstić information content (AvgIpc) is 3.34. The molecule has 2 atom stereocenters. The van der Waals surface area contributed by atoms with Crippen LogP contribution in [0.1, 0.15) is 31.2 Å². The molecule has 2 unspecified atom stereocenters. The van der Waals surface area contributed by atoms with E-state index in [9.17, 15) is 8.42 Å². The van der Waals surface area contributed by atoms with Crippen molar-refractivity contribution in [2.45, 2.75) is 38.2 Å². The van der Waals surface area contributed by atoms with Crippen molar-refractivity contribution < 1.29 is 13.2 Å². The van der Waals surface area contributed by atoms with Gasteiger partial charge in [0, 0.05) is 53.1 Å². The largest absolute Gasteiger partial charge is 0.377 e. The maximum atomic E-state index is 12.3. The van der Waals surface area contributed by atoms with Crippen LogP contribution in [-0.2, 0) is 28.2 Å². The van der Waals surface area contributed by atoms with E-state index < -0.39 is 10.0 Å². The highest BCUT2D eigenvalue weighted by Crippen LogP contribution is 2.20. The molecule has 3 heterocycles. The smallest absolute Gasteiger partial charge is 0.213 e. The third kappa shape index (κ3) is 7.97. The molecular formula is C19H35IN6O3S. The van der Waals surface area contributed by atoms with Gasteiger partial charge < -0.3 is 15.0 Å². The van der Waals surface area contributed by atoms with Crippen molar-refractivity contribution >= 4 is 40.0 Å². The Kier molecular flexibility index (Phi) is 10.3. The minimum atomic E-state index is -3.33. The van der Waals surface area contributed by atoms with Crippen LogP contribution >= 0.6 is 24.0 Å². The second-order valence-electron chi connectivity index (χ2n) is 7.96. The quantitative estimate of drug-likeness (QED) is 0.282. The van der Waals surface area contributed by atoms with Crippen LogP contribution in [0.2, 0.25) is 0 Å². The van der Waals surface area contributed by atoms with Gasteiger partial charge in [-0.3, -0.25) is 9.67 Å². The normalized spacial score (nSPS) is 22.7. The number of aryl methyl sites for hydroxylation is 1. The SMILES string of the molecule is CN=C(NCCS(=O)(=O)NCC1CCCCO1)N1CCC(Cc2cnn(C)c2)C1.I. The van der Waals surface area contributed by atoms with Crippen LogP contribution in [0.4, 0.5) is 0 Å². The topological polar surface area (TPSA) is 101 Å². The zero-order valence-electron chi connectivity index (χ0n) is 17.9. The predicted octanol–water partition coefficient (Wildman–Crippen LogP) is 0.966. The molecule has 0 aliphatic carbocycles. The van der Waals surface area contributed by atoms with Crippen LogP contribution in [0.25, 0.3) is 0 Å². The summed E-state index contributed by atoms with van der Waals surface area (Å²) < 4.78 is 34.6. The lowest BCUT2D eigenvalue weighted by Crippen LogP contribution is -2.44. The van der Waals surface area contributed by atoms with Gasteiger partial charge in [0.1, 0.15) is 0 Å². The van der Waals surface area contributed by atoms with Crippen LogP contribution in [-0.4, -0.2) is 80.7 Å². The van der Waals surface area contributed by atoms with Gasteiger partial charge in [-0.05, 0) is 43.6 Å². The van der Waals surface area contributed by atoms with Crippen molar-refractivity contribution in [1.29, 1.82) is 0 Å². The number of halogens is 1. The zero-order valence-corrected chi connectivity index (χ0v) is 21.1. The van der Waals surface area contributed by atoms with Crippen molar-refractivity contribution in [1.82, 2.24) is 24.7 Å². The second kappa shape index (κ2) is 12.2. The monoisotopic (exact) mass is 554 g/mol. The van der Waals surface area contributed by atoms with E-state index in [0.29, 0.717) is 19.0 Å². The number of nitrogens with zero attached hydrogens (tertiary/aromatic N) is 4. The molecule has 0 bridgehead atoms. The summed E-state index contributed by atoms with van der Waals surface area (Å²) in [5.41, 5.74) is 1.25. The van der Waals surface area contributed by atoms with E-state index in [2.05, 4.69) is 31.2 Å². The second-order valence-corrected chi connectivity index (χ2v) is 9.88. The van der Waals surface area contributed by atoms with Gasteiger partial charge in [0.15, 0.2) is 5.96 Å². The Morgan fingerprint density at radius 2 is 2.20 bits per heavy atom. The predicted molar refractivity (Wildman–Crippen MR) is 129 cm³/mol. The molecule has 0 radical (unpaired) electrons. The molecule has 1 aromatic rings. The van der Waals surface area contributed by atoms with E-state index in [-0.39, 0.29) is 35.8 Å². The fourth-order valence-electron chi connectivity index (χ4n) is 3.99. The number of aromatic nitrogens is 2. The van der Waals surface area contributed by atoms with Crippen LogP contribution in [0.3, 0.4) is 0 Å². The van der Waals surface area contributed by atoms with Gasteiger partial charge in [-0.2, -0.15) is 5.10 Å². The lowest BCUT2D eigenvalue weighted by Gasteiger charge is -2.23. The third-order valence-electron chi connectivity index (χ3n) is 5.54. The first-order valence-corrected chi connectivity index (χ1v) is 12.1. The number of rotatable bonds is 8. The standard InChI is InChI=1S/C19H34N6O3S.HI/c1-20-19(25-8-6-16(15-25)11-17-12-22-24(2)14-17)21-7-10-29(26,27)23-13-18-5-3-4-9-28-18;/h12,14,16,18,23H,3-11,13,15H2,1-2H3,(H,20,21);1H. The van der Waals surface area contributed by atoms with Crippen LogP contribution < -0.4 is 10.0 Å². The van der Waals surface area contributed by atoms with E-state index in [4.69, 9.17) is 4.74 Å². The summed E-state index contributed by atoms with van der Waals surface area (Å²) in [6, 6.07) is 0. The van der Waals surface area contributed by atoms with Gasteiger partial charge in [0.05, 0.1) is 18.1 Å². The first kappa shape index (κ1) is 25.3. The summed E-state index contributed by atoms with van der Waals surface area (Å²) in [7, 11) is 0.339. The molecule has 2 saturated heterocycles. The summed E-state index contributed by atoms with van der Waals surface area (Å²) >= 11 is 0. The Morgan fingerprint density at radius 3 is 2.87 bits per heavy atom. The third-order valence-corrected chi connectivity index (χ3v) is 6.89. The summed E-state index contributed by atoms with van der Waals surface area (Å²) in [6.07, 6.45) is 9.16. The molecule has 172 valence electrons. The molecule has 2 N–H and O–H groups in total. The number of aliphatic imine (C=N–C) groups is 1. The first-order valence-electron chi connectivity index (χ1n) is 10.5. The molecule has 0 aromatic carbocycles. The maximum Gasteiger partial charge on any atom is 0.213 e. The molecule has 1 aromatic heterocycles. The lowest BCUT2D eigenvalue weighted by atomic mass is 10.0. The lowest BCUT2D eigenvalue weighted by molar-refractivity contribution is 0.0200.